The molecular weight excluding hydrogens is 307 g/mol. The lowest BCUT2D eigenvalue weighted by Gasteiger charge is -2.19. The van der Waals surface area contributed by atoms with E-state index in [0.717, 1.165) is 19.2 Å². The zero-order valence-corrected chi connectivity index (χ0v) is 11.3. The van der Waals surface area contributed by atoms with Crippen molar-refractivity contribution < 1.29 is 26.7 Å². The highest BCUT2D eigenvalue weighted by molar-refractivity contribution is 7.89. The van der Waals surface area contributed by atoms with E-state index in [4.69, 9.17) is 16.7 Å². The lowest BCUT2D eigenvalue weighted by atomic mass is 10.2. The van der Waals surface area contributed by atoms with E-state index in [0.29, 0.717) is 5.56 Å². The van der Waals surface area contributed by atoms with Gasteiger partial charge in [0.25, 0.3) is 0 Å². The molecule has 0 unspecified atom stereocenters. The van der Waals surface area contributed by atoms with Crippen molar-refractivity contribution in [3.05, 3.63) is 28.8 Å². The van der Waals surface area contributed by atoms with Gasteiger partial charge in [0, 0.05) is 12.1 Å². The molecule has 0 fully saturated rings. The van der Waals surface area contributed by atoms with Gasteiger partial charge >= 0.3 is 6.18 Å². The van der Waals surface area contributed by atoms with Crippen molar-refractivity contribution in [3.63, 3.8) is 0 Å². The predicted octanol–water partition coefficient (Wildman–Crippen LogP) is 2.02. The summed E-state index contributed by atoms with van der Waals surface area (Å²) in [7, 11) is -3.44. The van der Waals surface area contributed by atoms with Crippen LogP contribution in [0.1, 0.15) is 5.56 Å². The maximum absolute atomic E-state index is 12.2. The molecule has 0 bridgehead atoms. The van der Waals surface area contributed by atoms with Crippen LogP contribution < -0.4 is 0 Å². The average Bonchev–Trinajstić information content (AvgIpc) is 2.26. The summed E-state index contributed by atoms with van der Waals surface area (Å²) in [5.74, 6) is 0. The number of alkyl halides is 3. The molecule has 1 aromatic rings. The number of hydrogen-bond donors (Lipinski definition) is 1. The van der Waals surface area contributed by atoms with E-state index < -0.39 is 29.4 Å². The third-order valence-corrected chi connectivity index (χ3v) is 4.46. The van der Waals surface area contributed by atoms with Crippen LogP contribution in [0.15, 0.2) is 23.1 Å². The van der Waals surface area contributed by atoms with Crippen molar-refractivity contribution in [1.29, 1.82) is 0 Å². The minimum Gasteiger partial charge on any atom is -0.392 e. The van der Waals surface area contributed by atoms with Gasteiger partial charge in [-0.05, 0) is 17.7 Å². The Kier molecular flexibility index (Phi) is 4.83. The summed E-state index contributed by atoms with van der Waals surface area (Å²) < 4.78 is 60.5. The molecule has 1 aromatic carbocycles. The summed E-state index contributed by atoms with van der Waals surface area (Å²) in [4.78, 5) is -0.360. The molecule has 0 aliphatic rings. The zero-order valence-electron chi connectivity index (χ0n) is 9.78. The normalized spacial score (nSPS) is 13.0. The molecule has 0 spiro atoms. The molecule has 108 valence electrons. The van der Waals surface area contributed by atoms with Gasteiger partial charge in [-0.15, -0.1) is 0 Å². The van der Waals surface area contributed by atoms with Crippen molar-refractivity contribution in [2.24, 2.45) is 0 Å². The molecule has 4 nitrogen and oxygen atoms in total. The van der Waals surface area contributed by atoms with Gasteiger partial charge in [0.1, 0.15) is 6.54 Å². The van der Waals surface area contributed by atoms with E-state index in [1.807, 2.05) is 0 Å². The van der Waals surface area contributed by atoms with Gasteiger partial charge in [-0.25, -0.2) is 8.42 Å². The molecule has 0 saturated carbocycles. The maximum atomic E-state index is 12.2. The van der Waals surface area contributed by atoms with Crippen LogP contribution in [-0.2, 0) is 16.6 Å². The second kappa shape index (κ2) is 5.66. The second-order valence-electron chi connectivity index (χ2n) is 3.79. The third-order valence-electron chi connectivity index (χ3n) is 2.31. The highest BCUT2D eigenvalue weighted by Gasteiger charge is 2.34. The highest BCUT2D eigenvalue weighted by atomic mass is 35.5. The average molecular weight is 318 g/mol. The van der Waals surface area contributed by atoms with E-state index >= 15 is 0 Å². The Balaban J connectivity index is 3.10. The fourth-order valence-electron chi connectivity index (χ4n) is 1.33. The van der Waals surface area contributed by atoms with Crippen LogP contribution in [0.2, 0.25) is 5.02 Å². The van der Waals surface area contributed by atoms with Crippen molar-refractivity contribution in [1.82, 2.24) is 4.31 Å². The quantitative estimate of drug-likeness (QED) is 0.924. The van der Waals surface area contributed by atoms with Crippen LogP contribution in [-0.4, -0.2) is 37.6 Å². The zero-order chi connectivity index (χ0) is 14.8. The molecule has 19 heavy (non-hydrogen) atoms. The van der Waals surface area contributed by atoms with E-state index in [2.05, 4.69) is 0 Å². The summed E-state index contributed by atoms with van der Waals surface area (Å²) in [5.41, 5.74) is 0.291. The van der Waals surface area contributed by atoms with Gasteiger partial charge in [-0.1, -0.05) is 17.7 Å². The number of sulfonamides is 1. The molecule has 0 amide bonds. The monoisotopic (exact) mass is 317 g/mol. The van der Waals surface area contributed by atoms with Gasteiger partial charge in [-0.2, -0.15) is 17.5 Å². The fourth-order valence-corrected chi connectivity index (χ4v) is 2.82. The van der Waals surface area contributed by atoms with Crippen molar-refractivity contribution in [2.75, 3.05) is 13.6 Å². The van der Waals surface area contributed by atoms with Crippen LogP contribution in [0.5, 0.6) is 0 Å². The molecule has 0 aliphatic heterocycles. The van der Waals surface area contributed by atoms with Crippen LogP contribution >= 0.6 is 11.6 Å². The number of hydrogen-bond acceptors (Lipinski definition) is 3. The Morgan fingerprint density at radius 1 is 1.37 bits per heavy atom. The summed E-state index contributed by atoms with van der Waals surface area (Å²) >= 11 is 5.71. The van der Waals surface area contributed by atoms with Crippen LogP contribution in [0.4, 0.5) is 13.2 Å². The number of halogens is 4. The van der Waals surface area contributed by atoms with Crippen LogP contribution in [0, 0.1) is 0 Å². The number of aliphatic hydroxyl groups excluding tert-OH is 1. The first-order valence-electron chi connectivity index (χ1n) is 5.00. The largest absolute Gasteiger partial charge is 0.402 e. The fraction of sp³-hybridized carbons (Fsp3) is 0.400. The minimum absolute atomic E-state index is 0.0241. The lowest BCUT2D eigenvalue weighted by Crippen LogP contribution is -2.35. The molecule has 0 aliphatic carbocycles. The smallest absolute Gasteiger partial charge is 0.392 e. The first-order chi connectivity index (χ1) is 8.58. The molecule has 1 rings (SSSR count). The molecule has 0 heterocycles. The van der Waals surface area contributed by atoms with Gasteiger partial charge in [0.2, 0.25) is 10.0 Å². The highest BCUT2D eigenvalue weighted by Crippen LogP contribution is 2.25. The van der Waals surface area contributed by atoms with Gasteiger partial charge in [0.05, 0.1) is 11.5 Å². The van der Waals surface area contributed by atoms with E-state index in [1.54, 1.807) is 0 Å². The van der Waals surface area contributed by atoms with Crippen molar-refractivity contribution in [2.45, 2.75) is 17.7 Å². The Morgan fingerprint density at radius 3 is 2.37 bits per heavy atom. The van der Waals surface area contributed by atoms with E-state index in [1.165, 1.54) is 6.07 Å². The van der Waals surface area contributed by atoms with Crippen LogP contribution in [0.25, 0.3) is 0 Å². The maximum Gasteiger partial charge on any atom is 0.402 e. The van der Waals surface area contributed by atoms with Gasteiger partial charge in [-0.3, -0.25) is 0 Å². The first kappa shape index (κ1) is 16.2. The minimum atomic E-state index is -4.63. The van der Waals surface area contributed by atoms with Crippen molar-refractivity contribution in [3.8, 4) is 0 Å². The second-order valence-corrected chi connectivity index (χ2v) is 6.24. The number of benzene rings is 1. The van der Waals surface area contributed by atoms with E-state index in [-0.39, 0.29) is 14.2 Å². The molecule has 9 heteroatoms. The molecular formula is C10H11ClF3NO3S. The summed E-state index contributed by atoms with van der Waals surface area (Å²) in [5, 5.41) is 8.86. The summed E-state index contributed by atoms with van der Waals surface area (Å²) in [6, 6.07) is 3.35. The van der Waals surface area contributed by atoms with E-state index in [9.17, 15) is 21.6 Å². The molecule has 0 aromatic heterocycles. The first-order valence-corrected chi connectivity index (χ1v) is 6.82. The number of nitrogens with zero attached hydrogens (tertiary/aromatic N) is 1. The lowest BCUT2D eigenvalue weighted by molar-refractivity contribution is -0.134. The van der Waals surface area contributed by atoms with Crippen molar-refractivity contribution >= 4 is 21.6 Å². The Morgan fingerprint density at radius 2 is 1.95 bits per heavy atom. The Hall–Kier alpha value is -0.830. The number of aliphatic hydroxyl groups is 1. The molecule has 0 saturated heterocycles. The van der Waals surface area contributed by atoms with Crippen LogP contribution in [0.3, 0.4) is 0 Å². The third kappa shape index (κ3) is 4.07. The SMILES string of the molecule is CN(CC(F)(F)F)S(=O)(=O)c1ccc(CO)c(Cl)c1. The number of rotatable bonds is 4. The molecule has 1 N–H and O–H groups in total. The Bertz CT molecular complexity index is 560. The topological polar surface area (TPSA) is 57.6 Å². The molecule has 0 atom stereocenters. The summed E-state index contributed by atoms with van der Waals surface area (Å²) in [6.45, 7) is -1.98. The predicted molar refractivity (Wildman–Crippen MR) is 63.2 cm³/mol. The Labute approximate surface area is 113 Å². The summed E-state index contributed by atoms with van der Waals surface area (Å²) in [6.07, 6.45) is -4.63. The molecule has 0 radical (unpaired) electrons. The van der Waals surface area contributed by atoms with Gasteiger partial charge < -0.3 is 5.11 Å². The van der Waals surface area contributed by atoms with Gasteiger partial charge in [0.15, 0.2) is 0 Å². The standard InChI is InChI=1S/C10H11ClF3NO3S/c1-15(6-10(12,13)14)19(17,18)8-3-2-7(5-16)9(11)4-8/h2-4,16H,5-6H2,1H3.